The Labute approximate surface area is 103 Å². The molecule has 0 bridgehead atoms. The highest BCUT2D eigenvalue weighted by molar-refractivity contribution is 5.13. The summed E-state index contributed by atoms with van der Waals surface area (Å²) in [4.78, 5) is 8.74. The van der Waals surface area contributed by atoms with E-state index >= 15 is 0 Å². The van der Waals surface area contributed by atoms with Crippen LogP contribution in [0.2, 0.25) is 0 Å². The van der Waals surface area contributed by atoms with Crippen LogP contribution >= 0.6 is 0 Å². The minimum Gasteiger partial charge on any atom is -0.308 e. The fourth-order valence-corrected chi connectivity index (χ4v) is 2.88. The first kappa shape index (κ1) is 11.1. The lowest BCUT2D eigenvalue weighted by Crippen LogP contribution is -2.29. The normalized spacial score (nSPS) is 23.4. The van der Waals surface area contributed by atoms with Gasteiger partial charge < -0.3 is 5.32 Å². The molecule has 3 heteroatoms. The molecule has 2 saturated carbocycles. The summed E-state index contributed by atoms with van der Waals surface area (Å²) in [6.45, 7) is 5.39. The van der Waals surface area contributed by atoms with Crippen molar-refractivity contribution in [2.24, 2.45) is 11.3 Å². The molecule has 2 fully saturated rings. The molecule has 92 valence electrons. The van der Waals surface area contributed by atoms with Gasteiger partial charge in [-0.05, 0) is 50.9 Å². The summed E-state index contributed by atoms with van der Waals surface area (Å²) in [5.41, 5.74) is 2.80. The predicted molar refractivity (Wildman–Crippen MR) is 67.6 cm³/mol. The molecule has 0 aromatic carbocycles. The second kappa shape index (κ2) is 4.05. The summed E-state index contributed by atoms with van der Waals surface area (Å²) >= 11 is 0. The zero-order chi connectivity index (χ0) is 11.9. The highest BCUT2D eigenvalue weighted by Gasteiger charge is 2.53. The Balaban J connectivity index is 1.60. The third-order valence-electron chi connectivity index (χ3n) is 4.43. The molecule has 1 aromatic heterocycles. The smallest absolute Gasteiger partial charge is 0.0782 e. The molecule has 1 unspecified atom stereocenters. The minimum absolute atomic E-state index is 0.319. The molecule has 17 heavy (non-hydrogen) atoms. The summed E-state index contributed by atoms with van der Waals surface area (Å²) in [5, 5.41) is 3.66. The van der Waals surface area contributed by atoms with Gasteiger partial charge in [-0.1, -0.05) is 0 Å². The first-order valence-corrected chi connectivity index (χ1v) is 6.72. The van der Waals surface area contributed by atoms with Crippen LogP contribution in [0.3, 0.4) is 0 Å². The van der Waals surface area contributed by atoms with Gasteiger partial charge in [-0.3, -0.25) is 9.97 Å². The van der Waals surface area contributed by atoms with E-state index in [-0.39, 0.29) is 0 Å². The summed E-state index contributed by atoms with van der Waals surface area (Å²) in [7, 11) is 0. The third kappa shape index (κ3) is 2.21. The van der Waals surface area contributed by atoms with Crippen LogP contribution in [0.15, 0.2) is 12.4 Å². The van der Waals surface area contributed by atoms with Gasteiger partial charge in [-0.25, -0.2) is 0 Å². The minimum atomic E-state index is 0.319. The maximum absolute atomic E-state index is 4.43. The molecule has 0 spiro atoms. The standard InChI is InChI=1S/C14H21N3/c1-10-13(16-8-7-15-10)11(2)17-9-14(5-6-14)12-3-4-12/h7-8,11-12,17H,3-6,9H2,1-2H3. The van der Waals surface area contributed by atoms with E-state index in [0.29, 0.717) is 11.5 Å². The molecule has 3 nitrogen and oxygen atoms in total. The first-order chi connectivity index (χ1) is 8.21. The van der Waals surface area contributed by atoms with Gasteiger partial charge in [-0.15, -0.1) is 0 Å². The Morgan fingerprint density at radius 2 is 2.06 bits per heavy atom. The van der Waals surface area contributed by atoms with E-state index in [0.717, 1.165) is 23.9 Å². The van der Waals surface area contributed by atoms with Crippen LogP contribution in [0.5, 0.6) is 0 Å². The molecule has 1 atom stereocenters. The van der Waals surface area contributed by atoms with Crippen molar-refractivity contribution in [3.05, 3.63) is 23.8 Å². The third-order valence-corrected chi connectivity index (χ3v) is 4.43. The van der Waals surface area contributed by atoms with Crippen LogP contribution < -0.4 is 5.32 Å². The summed E-state index contributed by atoms with van der Waals surface area (Å²) in [6, 6.07) is 0.319. The molecule has 2 aliphatic rings. The molecule has 0 radical (unpaired) electrons. The molecule has 2 aliphatic carbocycles. The topological polar surface area (TPSA) is 37.8 Å². The van der Waals surface area contributed by atoms with Crippen molar-refractivity contribution in [1.82, 2.24) is 15.3 Å². The lowest BCUT2D eigenvalue weighted by Gasteiger charge is -2.20. The van der Waals surface area contributed by atoms with E-state index < -0.39 is 0 Å². The summed E-state index contributed by atoms with van der Waals surface area (Å²) in [6.07, 6.45) is 9.32. The van der Waals surface area contributed by atoms with Crippen molar-refractivity contribution >= 4 is 0 Å². The van der Waals surface area contributed by atoms with Crippen molar-refractivity contribution in [2.75, 3.05) is 6.54 Å². The van der Waals surface area contributed by atoms with Gasteiger partial charge in [0.15, 0.2) is 0 Å². The number of nitrogens with zero attached hydrogens (tertiary/aromatic N) is 2. The van der Waals surface area contributed by atoms with Gasteiger partial charge in [-0.2, -0.15) is 0 Å². The Hall–Kier alpha value is -0.960. The fraction of sp³-hybridized carbons (Fsp3) is 0.714. The number of hydrogen-bond acceptors (Lipinski definition) is 3. The Morgan fingerprint density at radius 1 is 1.35 bits per heavy atom. The van der Waals surface area contributed by atoms with Gasteiger partial charge in [0.25, 0.3) is 0 Å². The van der Waals surface area contributed by atoms with E-state index in [9.17, 15) is 0 Å². The van der Waals surface area contributed by atoms with Gasteiger partial charge in [0.2, 0.25) is 0 Å². The van der Waals surface area contributed by atoms with Gasteiger partial charge in [0.05, 0.1) is 11.4 Å². The molecule has 1 heterocycles. The average molecular weight is 231 g/mol. The maximum Gasteiger partial charge on any atom is 0.0782 e. The van der Waals surface area contributed by atoms with Gasteiger partial charge in [0.1, 0.15) is 0 Å². The first-order valence-electron chi connectivity index (χ1n) is 6.72. The molecular formula is C14H21N3. The second-order valence-electron chi connectivity index (χ2n) is 5.77. The highest BCUT2D eigenvalue weighted by Crippen LogP contribution is 2.60. The molecule has 3 rings (SSSR count). The maximum atomic E-state index is 4.43. The molecule has 1 aromatic rings. The summed E-state index contributed by atoms with van der Waals surface area (Å²) in [5.74, 6) is 1.02. The van der Waals surface area contributed by atoms with Crippen LogP contribution in [0.25, 0.3) is 0 Å². The lowest BCUT2D eigenvalue weighted by molar-refractivity contribution is 0.379. The van der Waals surface area contributed by atoms with Crippen molar-refractivity contribution in [1.29, 1.82) is 0 Å². The van der Waals surface area contributed by atoms with Crippen LogP contribution in [-0.4, -0.2) is 16.5 Å². The summed E-state index contributed by atoms with van der Waals surface area (Å²) < 4.78 is 0. The number of aromatic nitrogens is 2. The SMILES string of the molecule is Cc1nccnc1C(C)NCC1(C2CC2)CC1. The highest BCUT2D eigenvalue weighted by atomic mass is 15.0. The molecule has 0 aliphatic heterocycles. The molecule has 0 amide bonds. The van der Waals surface area contributed by atoms with E-state index in [4.69, 9.17) is 0 Å². The van der Waals surface area contributed by atoms with Crippen molar-refractivity contribution < 1.29 is 0 Å². The number of aryl methyl sites for hydroxylation is 1. The van der Waals surface area contributed by atoms with Crippen molar-refractivity contribution in [3.8, 4) is 0 Å². The van der Waals surface area contributed by atoms with E-state index in [1.807, 2.05) is 6.92 Å². The van der Waals surface area contributed by atoms with E-state index in [1.165, 1.54) is 25.7 Å². The Kier molecular flexibility index (Phi) is 2.66. The predicted octanol–water partition coefficient (Wildman–Crippen LogP) is 2.63. The van der Waals surface area contributed by atoms with E-state index in [2.05, 4.69) is 22.2 Å². The average Bonchev–Trinajstić information content (AvgIpc) is 3.17. The molecule has 1 N–H and O–H groups in total. The van der Waals surface area contributed by atoms with Crippen LogP contribution in [-0.2, 0) is 0 Å². The lowest BCUT2D eigenvalue weighted by atomic mass is 10.00. The second-order valence-corrected chi connectivity index (χ2v) is 5.77. The quantitative estimate of drug-likeness (QED) is 0.846. The zero-order valence-electron chi connectivity index (χ0n) is 10.7. The largest absolute Gasteiger partial charge is 0.308 e. The van der Waals surface area contributed by atoms with Crippen LogP contribution in [0.4, 0.5) is 0 Å². The zero-order valence-corrected chi connectivity index (χ0v) is 10.7. The Morgan fingerprint density at radius 3 is 2.65 bits per heavy atom. The van der Waals surface area contributed by atoms with Gasteiger partial charge in [0, 0.05) is 25.0 Å². The number of hydrogen-bond donors (Lipinski definition) is 1. The fourth-order valence-electron chi connectivity index (χ4n) is 2.88. The number of rotatable bonds is 5. The Bertz CT molecular complexity index is 408. The van der Waals surface area contributed by atoms with Crippen molar-refractivity contribution in [2.45, 2.75) is 45.6 Å². The van der Waals surface area contributed by atoms with Gasteiger partial charge >= 0.3 is 0 Å². The van der Waals surface area contributed by atoms with E-state index in [1.54, 1.807) is 12.4 Å². The van der Waals surface area contributed by atoms with Crippen LogP contribution in [0, 0.1) is 18.3 Å². The number of nitrogens with one attached hydrogen (secondary N) is 1. The monoisotopic (exact) mass is 231 g/mol. The van der Waals surface area contributed by atoms with Crippen molar-refractivity contribution in [3.63, 3.8) is 0 Å². The molecular weight excluding hydrogens is 210 g/mol. The molecule has 0 saturated heterocycles. The van der Waals surface area contributed by atoms with Crippen LogP contribution in [0.1, 0.15) is 50.0 Å².